The second-order valence-electron chi connectivity index (χ2n) is 2.40. The number of Topliss-reactive ketones (excluding diaryl/α,β-unsaturated/α-hetero) is 1. The van der Waals surface area contributed by atoms with Crippen LogP contribution in [0.1, 0.15) is 13.3 Å². The number of carbonyl (C=O) groups excluding carboxylic acids is 1. The molecule has 0 aliphatic heterocycles. The van der Waals surface area contributed by atoms with Crippen LogP contribution in [0.25, 0.3) is 0 Å². The first-order valence-corrected chi connectivity index (χ1v) is 5.75. The molecule has 0 aromatic carbocycles. The number of aliphatic carboxylic acids is 1. The molecule has 6 heteroatoms. The minimum atomic E-state index is -1.94. The second kappa shape index (κ2) is 6.80. The molecule has 0 saturated heterocycles. The Morgan fingerprint density at radius 1 is 1.46 bits per heavy atom. The van der Waals surface area contributed by atoms with Crippen molar-refractivity contribution in [3.8, 4) is 0 Å². The molecule has 0 aromatic heterocycles. The molecule has 0 heterocycles. The van der Waals surface area contributed by atoms with Crippen LogP contribution >= 0.6 is 7.80 Å². The topological polar surface area (TPSA) is 80.7 Å². The SMILES string of the molecule is CCOC[PH](=O)CCC(=O)C(=O)O. The van der Waals surface area contributed by atoms with Crippen molar-refractivity contribution in [1.82, 2.24) is 0 Å². The van der Waals surface area contributed by atoms with Crippen LogP contribution in [0.4, 0.5) is 0 Å². The highest BCUT2D eigenvalue weighted by Crippen LogP contribution is 2.21. The molecular formula is C7H13O5P. The zero-order valence-corrected chi connectivity index (χ0v) is 8.41. The summed E-state index contributed by atoms with van der Waals surface area (Å²) in [6, 6.07) is 0. The molecule has 0 aromatic rings. The highest BCUT2D eigenvalue weighted by atomic mass is 31.1. The summed E-state index contributed by atoms with van der Waals surface area (Å²) >= 11 is 0. The van der Waals surface area contributed by atoms with Gasteiger partial charge in [-0.1, -0.05) is 0 Å². The predicted octanol–water partition coefficient (Wildman–Crippen LogP) is 0.584. The van der Waals surface area contributed by atoms with E-state index >= 15 is 0 Å². The lowest BCUT2D eigenvalue weighted by Gasteiger charge is -1.99. The van der Waals surface area contributed by atoms with Crippen molar-refractivity contribution < 1.29 is 24.0 Å². The quantitative estimate of drug-likeness (QED) is 0.489. The molecule has 0 aliphatic rings. The number of rotatable bonds is 7. The van der Waals surface area contributed by atoms with Crippen LogP contribution in [-0.2, 0) is 18.9 Å². The van der Waals surface area contributed by atoms with E-state index in [0.29, 0.717) is 6.61 Å². The molecule has 5 nitrogen and oxygen atoms in total. The van der Waals surface area contributed by atoms with Gasteiger partial charge in [0.1, 0.15) is 7.80 Å². The maximum atomic E-state index is 11.0. The molecule has 0 saturated carbocycles. The number of hydrogen-bond donors (Lipinski definition) is 1. The minimum Gasteiger partial charge on any atom is -0.476 e. The number of hydrogen-bond acceptors (Lipinski definition) is 4. The van der Waals surface area contributed by atoms with Gasteiger partial charge in [0, 0.05) is 19.2 Å². The Labute approximate surface area is 76.9 Å². The Morgan fingerprint density at radius 2 is 2.08 bits per heavy atom. The standard InChI is InChI=1S/C7H13O5P/c1-2-12-5-13(11)4-3-6(8)7(9)10/h13H,2-5H2,1H3,(H,9,10). The summed E-state index contributed by atoms with van der Waals surface area (Å²) in [5, 5.41) is 8.20. The number of carbonyl (C=O) groups is 2. The van der Waals surface area contributed by atoms with Gasteiger partial charge >= 0.3 is 5.97 Å². The molecule has 0 bridgehead atoms. The van der Waals surface area contributed by atoms with E-state index in [9.17, 15) is 14.2 Å². The van der Waals surface area contributed by atoms with Gasteiger partial charge in [0.05, 0.1) is 6.35 Å². The molecule has 1 unspecified atom stereocenters. The molecule has 0 aliphatic carbocycles. The Morgan fingerprint density at radius 3 is 2.54 bits per heavy atom. The van der Waals surface area contributed by atoms with E-state index in [1.807, 2.05) is 0 Å². The first-order chi connectivity index (χ1) is 6.07. The fraction of sp³-hybridized carbons (Fsp3) is 0.714. The molecule has 0 amide bonds. The monoisotopic (exact) mass is 208 g/mol. The summed E-state index contributed by atoms with van der Waals surface area (Å²) in [4.78, 5) is 20.6. The fourth-order valence-corrected chi connectivity index (χ4v) is 1.73. The van der Waals surface area contributed by atoms with Crippen molar-refractivity contribution in [3.05, 3.63) is 0 Å². The van der Waals surface area contributed by atoms with E-state index in [4.69, 9.17) is 9.84 Å². The lowest BCUT2D eigenvalue weighted by atomic mass is 10.3. The van der Waals surface area contributed by atoms with Gasteiger partial charge < -0.3 is 14.4 Å². The van der Waals surface area contributed by atoms with Crippen LogP contribution in [0.3, 0.4) is 0 Å². The maximum absolute atomic E-state index is 11.0. The molecule has 76 valence electrons. The Bertz CT molecular complexity index is 213. The van der Waals surface area contributed by atoms with Gasteiger partial charge in [-0.05, 0) is 6.92 Å². The van der Waals surface area contributed by atoms with Crippen molar-refractivity contribution >= 4 is 19.6 Å². The molecule has 0 spiro atoms. The van der Waals surface area contributed by atoms with E-state index in [1.54, 1.807) is 6.92 Å². The van der Waals surface area contributed by atoms with Crippen LogP contribution < -0.4 is 0 Å². The number of carboxylic acid groups (broad SMARTS) is 1. The molecule has 1 atom stereocenters. The van der Waals surface area contributed by atoms with Crippen molar-refractivity contribution in [3.63, 3.8) is 0 Å². The first-order valence-electron chi connectivity index (χ1n) is 3.93. The largest absolute Gasteiger partial charge is 0.476 e. The average Bonchev–Trinajstić information content (AvgIpc) is 2.10. The number of ether oxygens (including phenoxy) is 1. The third-order valence-corrected chi connectivity index (χ3v) is 2.67. The van der Waals surface area contributed by atoms with E-state index in [-0.39, 0.29) is 18.9 Å². The summed E-state index contributed by atoms with van der Waals surface area (Å²) in [7, 11) is -1.94. The molecule has 13 heavy (non-hydrogen) atoms. The number of carboxylic acids is 1. The highest BCUT2D eigenvalue weighted by molar-refractivity contribution is 7.44. The summed E-state index contributed by atoms with van der Waals surface area (Å²) < 4.78 is 15.9. The summed E-state index contributed by atoms with van der Waals surface area (Å²) in [5.41, 5.74) is 0. The van der Waals surface area contributed by atoms with Gasteiger partial charge in [0.25, 0.3) is 0 Å². The van der Waals surface area contributed by atoms with E-state index in [0.717, 1.165) is 0 Å². The van der Waals surface area contributed by atoms with E-state index in [1.165, 1.54) is 0 Å². The third kappa shape index (κ3) is 6.49. The molecule has 0 rings (SSSR count). The van der Waals surface area contributed by atoms with Crippen LogP contribution in [-0.4, -0.2) is 36.0 Å². The normalized spacial score (nSPS) is 12.4. The summed E-state index contributed by atoms with van der Waals surface area (Å²) in [6.07, 6.45) is 0.0874. The lowest BCUT2D eigenvalue weighted by Crippen LogP contribution is -2.13. The molecule has 1 N–H and O–H groups in total. The van der Waals surface area contributed by atoms with E-state index < -0.39 is 19.6 Å². The van der Waals surface area contributed by atoms with Crippen molar-refractivity contribution in [2.75, 3.05) is 19.1 Å². The molecule has 0 radical (unpaired) electrons. The Hall–Kier alpha value is -0.670. The van der Waals surface area contributed by atoms with Crippen LogP contribution in [0.15, 0.2) is 0 Å². The first kappa shape index (κ1) is 12.3. The molecule has 0 fully saturated rings. The zero-order chi connectivity index (χ0) is 10.3. The predicted molar refractivity (Wildman–Crippen MR) is 47.6 cm³/mol. The van der Waals surface area contributed by atoms with Crippen molar-refractivity contribution in [2.24, 2.45) is 0 Å². The lowest BCUT2D eigenvalue weighted by molar-refractivity contribution is -0.148. The Kier molecular flexibility index (Phi) is 6.45. The fourth-order valence-electron chi connectivity index (χ4n) is 0.648. The van der Waals surface area contributed by atoms with E-state index in [2.05, 4.69) is 0 Å². The zero-order valence-electron chi connectivity index (χ0n) is 7.41. The Balaban J connectivity index is 3.58. The average molecular weight is 208 g/mol. The number of ketones is 1. The van der Waals surface area contributed by atoms with Gasteiger partial charge in [0.2, 0.25) is 5.78 Å². The minimum absolute atomic E-state index is 0.121. The second-order valence-corrected chi connectivity index (χ2v) is 4.27. The van der Waals surface area contributed by atoms with Gasteiger partial charge in [-0.25, -0.2) is 4.79 Å². The van der Waals surface area contributed by atoms with Crippen molar-refractivity contribution in [2.45, 2.75) is 13.3 Å². The van der Waals surface area contributed by atoms with Crippen LogP contribution in [0.5, 0.6) is 0 Å². The molecular weight excluding hydrogens is 195 g/mol. The summed E-state index contributed by atoms with van der Waals surface area (Å²) in [6.45, 7) is 2.25. The maximum Gasteiger partial charge on any atom is 0.372 e. The van der Waals surface area contributed by atoms with Gasteiger partial charge in [-0.3, -0.25) is 4.79 Å². The van der Waals surface area contributed by atoms with Crippen LogP contribution in [0.2, 0.25) is 0 Å². The highest BCUT2D eigenvalue weighted by Gasteiger charge is 2.12. The smallest absolute Gasteiger partial charge is 0.372 e. The van der Waals surface area contributed by atoms with Gasteiger partial charge in [-0.15, -0.1) is 0 Å². The van der Waals surface area contributed by atoms with Crippen LogP contribution in [0, 0.1) is 0 Å². The summed E-state index contributed by atoms with van der Waals surface area (Å²) in [5.74, 6) is -2.36. The van der Waals surface area contributed by atoms with Gasteiger partial charge in [-0.2, -0.15) is 0 Å². The van der Waals surface area contributed by atoms with Crippen molar-refractivity contribution in [1.29, 1.82) is 0 Å². The third-order valence-electron chi connectivity index (χ3n) is 1.34. The van der Waals surface area contributed by atoms with Gasteiger partial charge in [0.15, 0.2) is 0 Å².